The first-order valence-corrected chi connectivity index (χ1v) is 4.14. The highest BCUT2D eigenvalue weighted by atomic mass is 19.1. The highest BCUT2D eigenvalue weighted by Gasteiger charge is 2.02. The monoisotopic (exact) mass is 195 g/mol. The van der Waals surface area contributed by atoms with Crippen LogP contribution in [-0.2, 0) is 11.2 Å². The third-order valence-electron chi connectivity index (χ3n) is 1.79. The molecule has 0 unspecified atom stereocenters. The second-order valence-electron chi connectivity index (χ2n) is 2.69. The molecule has 0 aliphatic carbocycles. The Kier molecular flexibility index (Phi) is 3.83. The van der Waals surface area contributed by atoms with Gasteiger partial charge in [-0.3, -0.25) is 0 Å². The molecule has 0 aromatic heterocycles. The number of carbonyl (C=O) groups excluding carboxylic acids is 1. The Morgan fingerprint density at radius 1 is 1.57 bits per heavy atom. The SMILES string of the molecule is COc1cc(CCN=C=O)ccc1F. The van der Waals surface area contributed by atoms with E-state index in [2.05, 4.69) is 4.99 Å². The normalized spacial score (nSPS) is 9.29. The fourth-order valence-corrected chi connectivity index (χ4v) is 1.09. The van der Waals surface area contributed by atoms with Crippen LogP contribution < -0.4 is 4.74 Å². The van der Waals surface area contributed by atoms with Gasteiger partial charge < -0.3 is 4.74 Å². The van der Waals surface area contributed by atoms with Crippen LogP contribution in [0, 0.1) is 5.82 Å². The predicted octanol–water partition coefficient (Wildman–Crippen LogP) is 1.71. The topological polar surface area (TPSA) is 38.7 Å². The lowest BCUT2D eigenvalue weighted by atomic mass is 10.1. The zero-order chi connectivity index (χ0) is 10.4. The Morgan fingerprint density at radius 2 is 2.36 bits per heavy atom. The summed E-state index contributed by atoms with van der Waals surface area (Å²) in [6, 6.07) is 4.56. The highest BCUT2D eigenvalue weighted by molar-refractivity contribution is 5.33. The van der Waals surface area contributed by atoms with Crippen LogP contribution in [-0.4, -0.2) is 19.7 Å². The Morgan fingerprint density at radius 3 is 3.00 bits per heavy atom. The van der Waals surface area contributed by atoms with Crippen LogP contribution in [0.2, 0.25) is 0 Å². The molecule has 0 heterocycles. The Hall–Kier alpha value is -1.67. The molecule has 0 saturated heterocycles. The number of hydrogen-bond acceptors (Lipinski definition) is 3. The molecule has 1 rings (SSSR count). The number of hydrogen-bond donors (Lipinski definition) is 0. The largest absolute Gasteiger partial charge is 0.494 e. The quantitative estimate of drug-likeness (QED) is 0.542. The van der Waals surface area contributed by atoms with Gasteiger partial charge in [-0.05, 0) is 24.1 Å². The zero-order valence-corrected chi connectivity index (χ0v) is 7.79. The first kappa shape index (κ1) is 10.4. The van der Waals surface area contributed by atoms with Crippen molar-refractivity contribution in [1.29, 1.82) is 0 Å². The summed E-state index contributed by atoms with van der Waals surface area (Å²) in [7, 11) is 1.41. The fraction of sp³-hybridized carbons (Fsp3) is 0.300. The van der Waals surface area contributed by atoms with Gasteiger partial charge in [-0.1, -0.05) is 6.07 Å². The van der Waals surface area contributed by atoms with Crippen LogP contribution in [0.4, 0.5) is 4.39 Å². The predicted molar refractivity (Wildman–Crippen MR) is 49.6 cm³/mol. The minimum absolute atomic E-state index is 0.206. The molecule has 0 spiro atoms. The van der Waals surface area contributed by atoms with Gasteiger partial charge in [-0.15, -0.1) is 0 Å². The summed E-state index contributed by atoms with van der Waals surface area (Å²) in [6.07, 6.45) is 2.02. The average Bonchev–Trinajstić information content (AvgIpc) is 2.21. The molecule has 0 radical (unpaired) electrons. The van der Waals surface area contributed by atoms with Crippen LogP contribution in [0.1, 0.15) is 5.56 Å². The third kappa shape index (κ3) is 2.68. The van der Waals surface area contributed by atoms with E-state index in [0.717, 1.165) is 5.56 Å². The van der Waals surface area contributed by atoms with Gasteiger partial charge in [0.2, 0.25) is 6.08 Å². The molecule has 0 N–H and O–H groups in total. The molecule has 0 amide bonds. The molecule has 74 valence electrons. The van der Waals surface area contributed by atoms with Gasteiger partial charge in [0.05, 0.1) is 13.7 Å². The van der Waals surface area contributed by atoms with Gasteiger partial charge in [-0.2, -0.15) is 0 Å². The molecule has 3 nitrogen and oxygen atoms in total. The third-order valence-corrected chi connectivity index (χ3v) is 1.79. The molecular formula is C10H10FNO2. The van der Waals surface area contributed by atoms with Crippen LogP contribution in [0.25, 0.3) is 0 Å². The van der Waals surface area contributed by atoms with Gasteiger partial charge >= 0.3 is 0 Å². The highest BCUT2D eigenvalue weighted by Crippen LogP contribution is 2.18. The maximum Gasteiger partial charge on any atom is 0.234 e. The number of nitrogens with zero attached hydrogens (tertiary/aromatic N) is 1. The van der Waals surface area contributed by atoms with E-state index in [4.69, 9.17) is 4.74 Å². The smallest absolute Gasteiger partial charge is 0.234 e. The molecule has 0 aliphatic heterocycles. The van der Waals surface area contributed by atoms with Crippen molar-refractivity contribution in [3.8, 4) is 5.75 Å². The molecular weight excluding hydrogens is 185 g/mol. The molecule has 0 fully saturated rings. The van der Waals surface area contributed by atoms with Crippen molar-refractivity contribution in [2.24, 2.45) is 4.99 Å². The van der Waals surface area contributed by atoms with E-state index >= 15 is 0 Å². The van der Waals surface area contributed by atoms with E-state index in [1.165, 1.54) is 19.3 Å². The van der Waals surface area contributed by atoms with Gasteiger partial charge in [0, 0.05) is 0 Å². The van der Waals surface area contributed by atoms with Gasteiger partial charge in [0.15, 0.2) is 11.6 Å². The van der Waals surface area contributed by atoms with Crippen molar-refractivity contribution in [2.75, 3.05) is 13.7 Å². The van der Waals surface area contributed by atoms with Gasteiger partial charge in [0.25, 0.3) is 0 Å². The molecule has 1 aromatic rings. The summed E-state index contributed by atoms with van der Waals surface area (Å²) >= 11 is 0. The van der Waals surface area contributed by atoms with Crippen molar-refractivity contribution in [1.82, 2.24) is 0 Å². The van der Waals surface area contributed by atoms with Crippen molar-refractivity contribution < 1.29 is 13.9 Å². The standard InChI is InChI=1S/C10H10FNO2/c1-14-10-6-8(2-3-9(10)11)4-5-12-7-13/h2-3,6H,4-5H2,1H3. The van der Waals surface area contributed by atoms with Gasteiger partial charge in [-0.25, -0.2) is 14.2 Å². The minimum Gasteiger partial charge on any atom is -0.494 e. The van der Waals surface area contributed by atoms with Crippen molar-refractivity contribution in [2.45, 2.75) is 6.42 Å². The van der Waals surface area contributed by atoms with Crippen molar-refractivity contribution in [3.63, 3.8) is 0 Å². The molecule has 14 heavy (non-hydrogen) atoms. The summed E-state index contributed by atoms with van der Waals surface area (Å²) < 4.78 is 17.8. The molecule has 1 aromatic carbocycles. The van der Waals surface area contributed by atoms with Crippen LogP contribution in [0.15, 0.2) is 23.2 Å². The molecule has 0 bridgehead atoms. The van der Waals surface area contributed by atoms with Crippen molar-refractivity contribution >= 4 is 6.08 Å². The number of isocyanates is 1. The number of rotatable bonds is 4. The summed E-state index contributed by atoms with van der Waals surface area (Å²) in [5.74, 6) is -0.187. The van der Waals surface area contributed by atoms with E-state index in [0.29, 0.717) is 13.0 Å². The Bertz CT molecular complexity index is 359. The van der Waals surface area contributed by atoms with Crippen molar-refractivity contribution in [3.05, 3.63) is 29.6 Å². The molecule has 4 heteroatoms. The minimum atomic E-state index is -0.393. The van der Waals surface area contributed by atoms with E-state index in [1.54, 1.807) is 12.1 Å². The second kappa shape index (κ2) is 5.14. The Labute approximate surface area is 81.2 Å². The lowest BCUT2D eigenvalue weighted by Gasteiger charge is -2.03. The zero-order valence-electron chi connectivity index (χ0n) is 7.79. The number of aliphatic imine (C=N–C) groups is 1. The number of methoxy groups -OCH3 is 1. The Balaban J connectivity index is 2.73. The fourth-order valence-electron chi connectivity index (χ4n) is 1.09. The molecule has 0 aliphatic rings. The second-order valence-corrected chi connectivity index (χ2v) is 2.69. The maximum atomic E-state index is 12.9. The number of halogens is 1. The number of benzene rings is 1. The lowest BCUT2D eigenvalue weighted by Crippen LogP contribution is -1.93. The van der Waals surface area contributed by atoms with Crippen LogP contribution in [0.5, 0.6) is 5.75 Å². The lowest BCUT2D eigenvalue weighted by molar-refractivity contribution is 0.386. The summed E-state index contributed by atoms with van der Waals surface area (Å²) in [5.41, 5.74) is 0.877. The molecule has 0 saturated carbocycles. The number of ether oxygens (including phenoxy) is 1. The van der Waals surface area contributed by atoms with E-state index in [-0.39, 0.29) is 5.75 Å². The maximum absolute atomic E-state index is 12.9. The summed E-state index contributed by atoms with van der Waals surface area (Å²) in [6.45, 7) is 0.359. The van der Waals surface area contributed by atoms with E-state index < -0.39 is 5.82 Å². The molecule has 0 atom stereocenters. The van der Waals surface area contributed by atoms with E-state index in [9.17, 15) is 9.18 Å². The summed E-state index contributed by atoms with van der Waals surface area (Å²) in [4.78, 5) is 13.2. The van der Waals surface area contributed by atoms with Crippen LogP contribution >= 0.6 is 0 Å². The first-order chi connectivity index (χ1) is 6.77. The summed E-state index contributed by atoms with van der Waals surface area (Å²) in [5, 5.41) is 0. The van der Waals surface area contributed by atoms with Gasteiger partial charge in [0.1, 0.15) is 0 Å². The first-order valence-electron chi connectivity index (χ1n) is 4.14. The van der Waals surface area contributed by atoms with E-state index in [1.807, 2.05) is 0 Å². The average molecular weight is 195 g/mol. The van der Waals surface area contributed by atoms with Crippen LogP contribution in [0.3, 0.4) is 0 Å².